The van der Waals surface area contributed by atoms with Crippen LogP contribution in [0.4, 0.5) is 0 Å². The van der Waals surface area contributed by atoms with E-state index in [1.807, 2.05) is 44.2 Å². The topological polar surface area (TPSA) is 39.2 Å². The first-order chi connectivity index (χ1) is 8.68. The second kappa shape index (κ2) is 5.45. The molecule has 1 aromatic heterocycles. The van der Waals surface area contributed by atoms with Crippen LogP contribution in [-0.2, 0) is 0 Å². The summed E-state index contributed by atoms with van der Waals surface area (Å²) in [6.07, 6.45) is 1.62. The van der Waals surface area contributed by atoms with Crippen molar-refractivity contribution in [2.75, 3.05) is 0 Å². The van der Waals surface area contributed by atoms with Crippen molar-refractivity contribution in [3.8, 4) is 11.6 Å². The number of carbonyl (C=O) groups is 1. The van der Waals surface area contributed by atoms with E-state index >= 15 is 0 Å². The molecule has 0 aliphatic heterocycles. The predicted octanol–water partition coefficient (Wildman–Crippen LogP) is 3.71. The zero-order chi connectivity index (χ0) is 13.0. The summed E-state index contributed by atoms with van der Waals surface area (Å²) in [7, 11) is 0. The van der Waals surface area contributed by atoms with Crippen LogP contribution in [0.3, 0.4) is 0 Å². The lowest BCUT2D eigenvalue weighted by molar-refractivity contribution is 0.0936. The Balaban J connectivity index is 2.31. The molecule has 0 atom stereocenters. The fraction of sp³-hybridized carbons (Fsp3) is 0.200. The second-order valence-corrected chi connectivity index (χ2v) is 4.29. The highest BCUT2D eigenvalue weighted by atomic mass is 16.5. The van der Waals surface area contributed by atoms with Crippen LogP contribution in [0.15, 0.2) is 48.7 Å². The standard InChI is InChI=1S/C15H15NO2/c1-11(2)14(17)13-9-6-10-16-15(13)18-12-7-4-3-5-8-12/h3-11H,1-2H3. The highest BCUT2D eigenvalue weighted by Crippen LogP contribution is 2.24. The highest BCUT2D eigenvalue weighted by molar-refractivity contribution is 5.99. The van der Waals surface area contributed by atoms with Gasteiger partial charge in [-0.25, -0.2) is 4.98 Å². The van der Waals surface area contributed by atoms with E-state index in [2.05, 4.69) is 4.98 Å². The van der Waals surface area contributed by atoms with Gasteiger partial charge in [0.05, 0.1) is 5.56 Å². The van der Waals surface area contributed by atoms with Gasteiger partial charge in [-0.05, 0) is 24.3 Å². The Labute approximate surface area is 106 Å². The molecule has 0 radical (unpaired) electrons. The molecule has 18 heavy (non-hydrogen) atoms. The van der Waals surface area contributed by atoms with Crippen molar-refractivity contribution in [2.45, 2.75) is 13.8 Å². The van der Waals surface area contributed by atoms with Crippen molar-refractivity contribution >= 4 is 5.78 Å². The summed E-state index contributed by atoms with van der Waals surface area (Å²) in [5, 5.41) is 0. The van der Waals surface area contributed by atoms with E-state index < -0.39 is 0 Å². The van der Waals surface area contributed by atoms with Crippen molar-refractivity contribution in [1.29, 1.82) is 0 Å². The molecule has 0 aliphatic carbocycles. The number of ketones is 1. The lowest BCUT2D eigenvalue weighted by Gasteiger charge is -2.10. The van der Waals surface area contributed by atoms with Crippen LogP contribution in [0, 0.1) is 5.92 Å². The average Bonchev–Trinajstić information content (AvgIpc) is 2.39. The van der Waals surface area contributed by atoms with Crippen LogP contribution in [0.5, 0.6) is 11.6 Å². The van der Waals surface area contributed by atoms with E-state index in [1.54, 1.807) is 18.3 Å². The summed E-state index contributed by atoms with van der Waals surface area (Å²) in [6, 6.07) is 12.8. The zero-order valence-electron chi connectivity index (χ0n) is 10.5. The first-order valence-electron chi connectivity index (χ1n) is 5.90. The van der Waals surface area contributed by atoms with Crippen LogP contribution in [0.2, 0.25) is 0 Å². The molecule has 0 bridgehead atoms. The fourth-order valence-electron chi connectivity index (χ4n) is 1.57. The van der Waals surface area contributed by atoms with Crippen LogP contribution < -0.4 is 4.74 Å². The molecular formula is C15H15NO2. The minimum Gasteiger partial charge on any atom is -0.438 e. The smallest absolute Gasteiger partial charge is 0.230 e. The highest BCUT2D eigenvalue weighted by Gasteiger charge is 2.16. The van der Waals surface area contributed by atoms with Gasteiger partial charge in [-0.3, -0.25) is 4.79 Å². The maximum Gasteiger partial charge on any atom is 0.230 e. The first-order valence-corrected chi connectivity index (χ1v) is 5.90. The molecule has 0 unspecified atom stereocenters. The van der Waals surface area contributed by atoms with E-state index in [0.717, 1.165) is 0 Å². The number of Topliss-reactive ketones (excluding diaryl/α,β-unsaturated/α-hetero) is 1. The Bertz CT molecular complexity index is 535. The third-order valence-electron chi connectivity index (χ3n) is 2.52. The minimum atomic E-state index is -0.0766. The third-order valence-corrected chi connectivity index (χ3v) is 2.52. The molecule has 2 rings (SSSR count). The lowest BCUT2D eigenvalue weighted by atomic mass is 10.0. The van der Waals surface area contributed by atoms with E-state index in [4.69, 9.17) is 4.74 Å². The second-order valence-electron chi connectivity index (χ2n) is 4.29. The molecule has 3 nitrogen and oxygen atoms in total. The maximum atomic E-state index is 12.0. The quantitative estimate of drug-likeness (QED) is 0.766. The van der Waals surface area contributed by atoms with Gasteiger partial charge in [0.1, 0.15) is 5.75 Å². The molecule has 1 heterocycles. The van der Waals surface area contributed by atoms with E-state index in [0.29, 0.717) is 17.2 Å². The summed E-state index contributed by atoms with van der Waals surface area (Å²) in [6.45, 7) is 3.73. The maximum absolute atomic E-state index is 12.0. The van der Waals surface area contributed by atoms with Crippen molar-refractivity contribution < 1.29 is 9.53 Å². The van der Waals surface area contributed by atoms with Gasteiger partial charge in [-0.1, -0.05) is 32.0 Å². The Hall–Kier alpha value is -2.16. The molecule has 1 aromatic carbocycles. The number of rotatable bonds is 4. The number of aromatic nitrogens is 1. The average molecular weight is 241 g/mol. The van der Waals surface area contributed by atoms with Crippen LogP contribution in [0.1, 0.15) is 24.2 Å². The van der Waals surface area contributed by atoms with Gasteiger partial charge in [-0.15, -0.1) is 0 Å². The number of pyridine rings is 1. The molecule has 0 N–H and O–H groups in total. The van der Waals surface area contributed by atoms with Gasteiger partial charge in [0.2, 0.25) is 5.88 Å². The first kappa shape index (κ1) is 12.3. The number of para-hydroxylation sites is 1. The Kier molecular flexibility index (Phi) is 3.72. The van der Waals surface area contributed by atoms with Crippen molar-refractivity contribution in [1.82, 2.24) is 4.98 Å². The third kappa shape index (κ3) is 2.74. The monoisotopic (exact) mass is 241 g/mol. The van der Waals surface area contributed by atoms with Gasteiger partial charge < -0.3 is 4.74 Å². The van der Waals surface area contributed by atoms with Gasteiger partial charge >= 0.3 is 0 Å². The van der Waals surface area contributed by atoms with Gasteiger partial charge in [0.25, 0.3) is 0 Å². The lowest BCUT2D eigenvalue weighted by Crippen LogP contribution is -2.09. The SMILES string of the molecule is CC(C)C(=O)c1cccnc1Oc1ccccc1. The largest absolute Gasteiger partial charge is 0.438 e. The molecule has 0 spiro atoms. The molecule has 0 fully saturated rings. The Morgan fingerprint density at radius 2 is 1.83 bits per heavy atom. The van der Waals surface area contributed by atoms with E-state index in [9.17, 15) is 4.79 Å². The van der Waals surface area contributed by atoms with E-state index in [1.165, 1.54) is 0 Å². The zero-order valence-corrected chi connectivity index (χ0v) is 10.5. The number of ether oxygens (including phenoxy) is 1. The molecule has 0 amide bonds. The summed E-state index contributed by atoms with van der Waals surface area (Å²) in [4.78, 5) is 16.2. The number of nitrogens with zero attached hydrogens (tertiary/aromatic N) is 1. The molecule has 92 valence electrons. The number of hydrogen-bond acceptors (Lipinski definition) is 3. The normalized spacial score (nSPS) is 10.4. The summed E-state index contributed by atoms with van der Waals surface area (Å²) in [5.41, 5.74) is 0.524. The minimum absolute atomic E-state index is 0.0361. The fourth-order valence-corrected chi connectivity index (χ4v) is 1.57. The summed E-state index contributed by atoms with van der Waals surface area (Å²) in [5.74, 6) is 0.998. The van der Waals surface area contributed by atoms with Crippen LogP contribution in [0.25, 0.3) is 0 Å². The van der Waals surface area contributed by atoms with Crippen molar-refractivity contribution in [3.63, 3.8) is 0 Å². The number of hydrogen-bond donors (Lipinski definition) is 0. The number of carbonyl (C=O) groups excluding carboxylic acids is 1. The number of benzene rings is 1. The van der Waals surface area contributed by atoms with Gasteiger partial charge in [0, 0.05) is 12.1 Å². The Morgan fingerprint density at radius 1 is 1.11 bits per heavy atom. The molecular weight excluding hydrogens is 226 g/mol. The molecule has 3 heteroatoms. The predicted molar refractivity (Wildman–Crippen MR) is 69.9 cm³/mol. The van der Waals surface area contributed by atoms with Crippen LogP contribution >= 0.6 is 0 Å². The van der Waals surface area contributed by atoms with Crippen LogP contribution in [-0.4, -0.2) is 10.8 Å². The molecule has 0 saturated heterocycles. The van der Waals surface area contributed by atoms with Gasteiger partial charge in [0.15, 0.2) is 5.78 Å². The molecule has 0 saturated carbocycles. The van der Waals surface area contributed by atoms with E-state index in [-0.39, 0.29) is 11.7 Å². The summed E-state index contributed by atoms with van der Waals surface area (Å²) < 4.78 is 5.65. The molecule has 0 aliphatic rings. The Morgan fingerprint density at radius 3 is 2.50 bits per heavy atom. The summed E-state index contributed by atoms with van der Waals surface area (Å²) >= 11 is 0. The van der Waals surface area contributed by atoms with Crippen molar-refractivity contribution in [2.24, 2.45) is 5.92 Å². The molecule has 2 aromatic rings. The van der Waals surface area contributed by atoms with Crippen molar-refractivity contribution in [3.05, 3.63) is 54.2 Å². The van der Waals surface area contributed by atoms with Gasteiger partial charge in [-0.2, -0.15) is 0 Å².